The molecule has 3 N–H and O–H groups in total. The first-order chi connectivity index (χ1) is 9.89. The van der Waals surface area contributed by atoms with Crippen molar-refractivity contribution in [2.24, 2.45) is 0 Å². The SMILES string of the molecule is O=C(O)c1ccccc1N(Nc1ccccc1)S(=O)(=O)O. The van der Waals surface area contributed by atoms with Crippen LogP contribution in [0.2, 0.25) is 0 Å². The minimum Gasteiger partial charge on any atom is -0.478 e. The molecule has 0 radical (unpaired) electrons. The zero-order valence-electron chi connectivity index (χ0n) is 10.7. The van der Waals surface area contributed by atoms with Crippen LogP contribution >= 0.6 is 0 Å². The minimum atomic E-state index is -4.71. The Bertz CT molecular complexity index is 746. The van der Waals surface area contributed by atoms with Crippen molar-refractivity contribution in [3.8, 4) is 0 Å². The quantitative estimate of drug-likeness (QED) is 0.576. The summed E-state index contributed by atoms with van der Waals surface area (Å²) in [5, 5.41) is 9.12. The van der Waals surface area contributed by atoms with Gasteiger partial charge in [0.15, 0.2) is 0 Å². The van der Waals surface area contributed by atoms with Gasteiger partial charge in [-0.3, -0.25) is 9.98 Å². The van der Waals surface area contributed by atoms with Gasteiger partial charge in [0.25, 0.3) is 0 Å². The van der Waals surface area contributed by atoms with Gasteiger partial charge in [-0.1, -0.05) is 30.3 Å². The van der Waals surface area contributed by atoms with E-state index in [1.807, 2.05) is 0 Å². The lowest BCUT2D eigenvalue weighted by molar-refractivity contribution is 0.0698. The molecule has 0 unspecified atom stereocenters. The van der Waals surface area contributed by atoms with Gasteiger partial charge in [0.05, 0.1) is 16.9 Å². The molecule has 0 aromatic heterocycles. The molecule has 8 heteroatoms. The summed E-state index contributed by atoms with van der Waals surface area (Å²) in [4.78, 5) is 11.2. The van der Waals surface area contributed by atoms with Crippen molar-refractivity contribution >= 4 is 27.6 Å². The lowest BCUT2D eigenvalue weighted by atomic mass is 10.2. The number of anilines is 2. The molecule has 0 saturated carbocycles. The summed E-state index contributed by atoms with van der Waals surface area (Å²) in [6.45, 7) is 0. The Morgan fingerprint density at radius 2 is 1.57 bits per heavy atom. The maximum atomic E-state index is 11.5. The summed E-state index contributed by atoms with van der Waals surface area (Å²) in [7, 11) is -4.71. The first-order valence-electron chi connectivity index (χ1n) is 5.81. The topological polar surface area (TPSA) is 107 Å². The van der Waals surface area contributed by atoms with Crippen LogP contribution in [0.15, 0.2) is 54.6 Å². The van der Waals surface area contributed by atoms with E-state index in [-0.39, 0.29) is 11.3 Å². The number of para-hydroxylation sites is 2. The van der Waals surface area contributed by atoms with Crippen molar-refractivity contribution < 1.29 is 22.9 Å². The lowest BCUT2D eigenvalue weighted by Crippen LogP contribution is -2.36. The number of nitrogens with zero attached hydrogens (tertiary/aromatic N) is 1. The van der Waals surface area contributed by atoms with Crippen molar-refractivity contribution in [1.29, 1.82) is 0 Å². The van der Waals surface area contributed by atoms with Crippen molar-refractivity contribution in [2.75, 3.05) is 9.84 Å². The highest BCUT2D eigenvalue weighted by Crippen LogP contribution is 2.23. The third-order valence-corrected chi connectivity index (χ3v) is 3.34. The first-order valence-corrected chi connectivity index (χ1v) is 7.21. The van der Waals surface area contributed by atoms with Gasteiger partial charge in [-0.2, -0.15) is 12.8 Å². The number of hydrogen-bond acceptors (Lipinski definition) is 4. The zero-order chi connectivity index (χ0) is 15.5. The molecule has 7 nitrogen and oxygen atoms in total. The smallest absolute Gasteiger partial charge is 0.377 e. The molecule has 0 aliphatic rings. The van der Waals surface area contributed by atoms with Crippen LogP contribution in [0.1, 0.15) is 10.4 Å². The molecule has 21 heavy (non-hydrogen) atoms. The van der Waals surface area contributed by atoms with E-state index in [1.165, 1.54) is 24.3 Å². The van der Waals surface area contributed by atoms with Crippen LogP contribution in [0.5, 0.6) is 0 Å². The van der Waals surface area contributed by atoms with Gasteiger partial charge >= 0.3 is 16.3 Å². The monoisotopic (exact) mass is 308 g/mol. The third-order valence-electron chi connectivity index (χ3n) is 2.59. The molecule has 110 valence electrons. The number of carbonyl (C=O) groups is 1. The summed E-state index contributed by atoms with van der Waals surface area (Å²) in [6, 6.07) is 13.6. The van der Waals surface area contributed by atoms with Crippen LogP contribution < -0.4 is 9.84 Å². The summed E-state index contributed by atoms with van der Waals surface area (Å²) in [6.07, 6.45) is 0. The van der Waals surface area contributed by atoms with Gasteiger partial charge in [-0.25, -0.2) is 4.79 Å². The Morgan fingerprint density at radius 1 is 1.00 bits per heavy atom. The predicted molar refractivity (Wildman–Crippen MR) is 77.5 cm³/mol. The molecule has 0 amide bonds. The van der Waals surface area contributed by atoms with Crippen molar-refractivity contribution in [3.63, 3.8) is 0 Å². The molecule has 0 bridgehead atoms. The largest absolute Gasteiger partial charge is 0.478 e. The lowest BCUT2D eigenvalue weighted by Gasteiger charge is -2.23. The molecule has 0 aliphatic heterocycles. The fraction of sp³-hybridized carbons (Fsp3) is 0. The van der Waals surface area contributed by atoms with Crippen LogP contribution in [0.3, 0.4) is 0 Å². The Kier molecular flexibility index (Phi) is 4.10. The molecule has 2 aromatic rings. The van der Waals surface area contributed by atoms with Gasteiger partial charge in [-0.05, 0) is 24.3 Å². The molecular formula is C13H12N2O5S. The fourth-order valence-electron chi connectivity index (χ4n) is 1.70. The van der Waals surface area contributed by atoms with Gasteiger partial charge < -0.3 is 5.11 Å². The first kappa shape index (κ1) is 14.8. The number of carboxylic acid groups (broad SMARTS) is 1. The average Bonchev–Trinajstić information content (AvgIpc) is 2.44. The summed E-state index contributed by atoms with van der Waals surface area (Å²) in [5.74, 6) is -1.31. The number of nitrogens with one attached hydrogen (secondary N) is 1. The van der Waals surface area contributed by atoms with E-state index in [1.54, 1.807) is 30.3 Å². The number of carboxylic acids is 1. The van der Waals surface area contributed by atoms with E-state index in [9.17, 15) is 17.8 Å². The molecular weight excluding hydrogens is 296 g/mol. The number of hydrogen-bond donors (Lipinski definition) is 3. The van der Waals surface area contributed by atoms with E-state index < -0.39 is 16.3 Å². The van der Waals surface area contributed by atoms with Gasteiger partial charge in [0.1, 0.15) is 0 Å². The highest BCUT2D eigenvalue weighted by molar-refractivity contribution is 7.87. The van der Waals surface area contributed by atoms with Gasteiger partial charge in [-0.15, -0.1) is 0 Å². The molecule has 2 rings (SSSR count). The minimum absolute atomic E-state index is 0.198. The number of rotatable bonds is 5. The molecule has 0 fully saturated rings. The van der Waals surface area contributed by atoms with Crippen LogP contribution in [0, 0.1) is 0 Å². The van der Waals surface area contributed by atoms with E-state index in [2.05, 4.69) is 5.43 Å². The summed E-state index contributed by atoms with van der Waals surface area (Å²) in [5.41, 5.74) is 2.37. The van der Waals surface area contributed by atoms with E-state index in [0.717, 1.165) is 0 Å². The maximum absolute atomic E-state index is 11.5. The van der Waals surface area contributed by atoms with Crippen molar-refractivity contribution in [1.82, 2.24) is 0 Å². The number of aromatic carboxylic acids is 1. The Morgan fingerprint density at radius 3 is 2.14 bits per heavy atom. The maximum Gasteiger partial charge on any atom is 0.377 e. The molecule has 0 spiro atoms. The second kappa shape index (κ2) is 5.81. The van der Waals surface area contributed by atoms with Crippen LogP contribution in [-0.4, -0.2) is 24.0 Å². The van der Waals surface area contributed by atoms with Crippen LogP contribution in [-0.2, 0) is 10.3 Å². The van der Waals surface area contributed by atoms with E-state index >= 15 is 0 Å². The number of hydrazine groups is 1. The second-order valence-electron chi connectivity index (χ2n) is 4.04. The van der Waals surface area contributed by atoms with Crippen molar-refractivity contribution in [3.05, 3.63) is 60.2 Å². The number of benzene rings is 2. The molecule has 0 heterocycles. The normalized spacial score (nSPS) is 10.9. The highest BCUT2D eigenvalue weighted by atomic mass is 32.2. The Hall–Kier alpha value is -2.58. The Balaban J connectivity index is 2.50. The molecule has 0 saturated heterocycles. The molecule has 0 aliphatic carbocycles. The standard InChI is InChI=1S/C13H12N2O5S/c16-13(17)11-8-4-5-9-12(11)15(21(18,19)20)14-10-6-2-1-3-7-10/h1-9,14H,(H,16,17)(H,18,19,20). The van der Waals surface area contributed by atoms with Crippen LogP contribution in [0.25, 0.3) is 0 Å². The van der Waals surface area contributed by atoms with E-state index in [0.29, 0.717) is 10.1 Å². The second-order valence-corrected chi connectivity index (χ2v) is 5.30. The Labute approximate surface area is 121 Å². The summed E-state index contributed by atoms with van der Waals surface area (Å²) < 4.78 is 32.8. The molecule has 0 atom stereocenters. The zero-order valence-corrected chi connectivity index (χ0v) is 11.5. The van der Waals surface area contributed by atoms with E-state index in [4.69, 9.17) is 5.11 Å². The van der Waals surface area contributed by atoms with Crippen molar-refractivity contribution in [2.45, 2.75) is 0 Å². The van der Waals surface area contributed by atoms with Gasteiger partial charge in [0, 0.05) is 0 Å². The van der Waals surface area contributed by atoms with Crippen LogP contribution in [0.4, 0.5) is 11.4 Å². The van der Waals surface area contributed by atoms with Gasteiger partial charge in [0.2, 0.25) is 0 Å². The average molecular weight is 308 g/mol. The third kappa shape index (κ3) is 3.50. The summed E-state index contributed by atoms with van der Waals surface area (Å²) >= 11 is 0. The highest BCUT2D eigenvalue weighted by Gasteiger charge is 2.24. The molecule has 2 aromatic carbocycles. The predicted octanol–water partition coefficient (Wildman–Crippen LogP) is 2.02. The fourth-order valence-corrected chi connectivity index (χ4v) is 2.33.